The fourth-order valence-corrected chi connectivity index (χ4v) is 5.21. The van der Waals surface area contributed by atoms with Crippen molar-refractivity contribution in [3.8, 4) is 28.0 Å². The van der Waals surface area contributed by atoms with Crippen LogP contribution < -0.4 is 9.04 Å². The van der Waals surface area contributed by atoms with Crippen molar-refractivity contribution in [2.45, 2.75) is 60.1 Å². The highest BCUT2D eigenvalue weighted by atomic mass is 32.2. The molecule has 3 aromatic carbocycles. The molecule has 4 rings (SSSR count). The van der Waals surface area contributed by atoms with Gasteiger partial charge < -0.3 is 24.0 Å². The average Bonchev–Trinajstić information content (AvgIpc) is 2.86. The minimum absolute atomic E-state index is 0.419. The van der Waals surface area contributed by atoms with Crippen LogP contribution in [0.1, 0.15) is 49.9 Å². The van der Waals surface area contributed by atoms with Gasteiger partial charge in [-0.05, 0) is 98.1 Å². The predicted molar refractivity (Wildman–Crippen MR) is 158 cm³/mol. The van der Waals surface area contributed by atoms with Gasteiger partial charge in [0.2, 0.25) is 0 Å². The Labute approximate surface area is 226 Å². The van der Waals surface area contributed by atoms with Crippen LogP contribution in [0.25, 0.3) is 22.3 Å². The number of aliphatic hydroxyl groups excluding tert-OH is 1. The molecule has 1 aliphatic rings. The molecule has 0 aromatic heterocycles. The van der Waals surface area contributed by atoms with Gasteiger partial charge in [0.05, 0.1) is 24.9 Å². The van der Waals surface area contributed by atoms with Crippen LogP contribution in [0.2, 0.25) is 0 Å². The van der Waals surface area contributed by atoms with E-state index >= 15 is 0 Å². The molecule has 37 heavy (non-hydrogen) atoms. The SMILES string of the molecule is CC(C)(C)O.CCSN1Cc2cc(OC)ccc2-c2cc(-c3ccc(C)cc3)c(CC=O)c(C)c21.CO. The van der Waals surface area contributed by atoms with Crippen molar-refractivity contribution in [3.63, 3.8) is 0 Å². The molecule has 0 bridgehead atoms. The van der Waals surface area contributed by atoms with Gasteiger partial charge in [-0.25, -0.2) is 0 Å². The molecule has 0 radical (unpaired) electrons. The second-order valence-corrected chi connectivity index (χ2v) is 11.1. The van der Waals surface area contributed by atoms with E-state index in [2.05, 4.69) is 67.5 Å². The Hall–Kier alpha value is -2.80. The minimum atomic E-state index is -0.500. The van der Waals surface area contributed by atoms with Crippen LogP contribution in [0.3, 0.4) is 0 Å². The summed E-state index contributed by atoms with van der Waals surface area (Å²) in [6, 6.07) is 17.2. The van der Waals surface area contributed by atoms with Crippen molar-refractivity contribution in [2.75, 3.05) is 24.3 Å². The molecular formula is C31H41NO4S. The maximum Gasteiger partial charge on any atom is 0.124 e. The zero-order valence-electron chi connectivity index (χ0n) is 23.4. The van der Waals surface area contributed by atoms with Crippen molar-refractivity contribution < 1.29 is 19.7 Å². The van der Waals surface area contributed by atoms with Crippen molar-refractivity contribution in [3.05, 3.63) is 70.8 Å². The summed E-state index contributed by atoms with van der Waals surface area (Å²) in [6.07, 6.45) is 1.44. The van der Waals surface area contributed by atoms with Crippen LogP contribution in [0.5, 0.6) is 5.75 Å². The largest absolute Gasteiger partial charge is 0.497 e. The van der Waals surface area contributed by atoms with Crippen LogP contribution in [-0.2, 0) is 17.8 Å². The number of methoxy groups -OCH3 is 1. The van der Waals surface area contributed by atoms with E-state index in [1.165, 1.54) is 33.5 Å². The molecule has 0 atom stereocenters. The van der Waals surface area contributed by atoms with Gasteiger partial charge in [-0.3, -0.25) is 0 Å². The normalized spacial score (nSPS) is 11.8. The van der Waals surface area contributed by atoms with Gasteiger partial charge in [0, 0.05) is 24.8 Å². The van der Waals surface area contributed by atoms with Crippen LogP contribution in [0.4, 0.5) is 5.69 Å². The molecule has 0 spiro atoms. The number of aryl methyl sites for hydroxylation is 1. The molecule has 2 N–H and O–H groups in total. The summed E-state index contributed by atoms with van der Waals surface area (Å²) in [7, 11) is 2.71. The number of anilines is 1. The molecule has 0 saturated heterocycles. The summed E-state index contributed by atoms with van der Waals surface area (Å²) in [4.78, 5) is 11.6. The van der Waals surface area contributed by atoms with E-state index in [0.29, 0.717) is 6.42 Å². The van der Waals surface area contributed by atoms with Gasteiger partial charge in [-0.15, -0.1) is 0 Å². The monoisotopic (exact) mass is 523 g/mol. The van der Waals surface area contributed by atoms with Gasteiger partial charge >= 0.3 is 0 Å². The Morgan fingerprint density at radius 1 is 1.00 bits per heavy atom. The lowest BCUT2D eigenvalue weighted by atomic mass is 9.85. The predicted octanol–water partition coefficient (Wildman–Crippen LogP) is 6.76. The molecule has 3 aromatic rings. The third-order valence-electron chi connectivity index (χ3n) is 5.78. The Morgan fingerprint density at radius 3 is 2.16 bits per heavy atom. The van der Waals surface area contributed by atoms with Crippen LogP contribution >= 0.6 is 11.9 Å². The number of carbonyl (C=O) groups excluding carboxylic acids is 1. The standard InChI is InChI=1S/C26H27NO2S.C4H10O.CH4O/c1-5-30-27-16-20-14-21(29-4)10-11-23(20)25-15-24(19-8-6-17(2)7-9-19)22(12-13-28)18(3)26(25)27;1-4(2,3)5;1-2/h6-11,13-15H,5,12,16H2,1-4H3;5H,1-3H3;2H,1H3. The van der Waals surface area contributed by atoms with E-state index in [1.54, 1.807) is 27.9 Å². The van der Waals surface area contributed by atoms with Crippen molar-refractivity contribution >= 4 is 23.9 Å². The summed E-state index contributed by atoms with van der Waals surface area (Å²) < 4.78 is 7.85. The summed E-state index contributed by atoms with van der Waals surface area (Å²) in [5.41, 5.74) is 10.3. The first-order valence-electron chi connectivity index (χ1n) is 12.5. The summed E-state index contributed by atoms with van der Waals surface area (Å²) in [5.74, 6) is 1.87. The van der Waals surface area contributed by atoms with Gasteiger partial charge in [-0.2, -0.15) is 0 Å². The molecule has 1 aliphatic heterocycles. The number of hydrogen-bond acceptors (Lipinski definition) is 6. The number of aldehydes is 1. The quantitative estimate of drug-likeness (QED) is 0.275. The second kappa shape index (κ2) is 13.7. The number of fused-ring (bicyclic) bond motifs is 3. The molecule has 1 heterocycles. The minimum Gasteiger partial charge on any atom is -0.497 e. The fraction of sp³-hybridized carbons (Fsp3) is 0.387. The molecule has 0 amide bonds. The highest BCUT2D eigenvalue weighted by Gasteiger charge is 2.27. The number of carbonyl (C=O) groups is 1. The van der Waals surface area contributed by atoms with E-state index in [0.717, 1.165) is 48.1 Å². The number of ether oxygens (including phenoxy) is 1. The van der Waals surface area contributed by atoms with E-state index < -0.39 is 5.60 Å². The van der Waals surface area contributed by atoms with Crippen LogP contribution in [0.15, 0.2) is 48.5 Å². The second-order valence-electron chi connectivity index (χ2n) is 9.81. The zero-order chi connectivity index (χ0) is 27.8. The summed E-state index contributed by atoms with van der Waals surface area (Å²) in [6.45, 7) is 12.5. The summed E-state index contributed by atoms with van der Waals surface area (Å²) >= 11 is 1.82. The first-order valence-corrected chi connectivity index (χ1v) is 13.4. The molecule has 0 unspecified atom stereocenters. The first kappa shape index (κ1) is 30.4. The lowest BCUT2D eigenvalue weighted by Crippen LogP contribution is -2.22. The van der Waals surface area contributed by atoms with E-state index in [1.807, 2.05) is 18.0 Å². The third-order valence-corrected chi connectivity index (χ3v) is 6.66. The Morgan fingerprint density at radius 2 is 1.62 bits per heavy atom. The Balaban J connectivity index is 0.000000617. The number of nitrogens with zero attached hydrogens (tertiary/aromatic N) is 1. The van der Waals surface area contributed by atoms with E-state index in [9.17, 15) is 4.79 Å². The van der Waals surface area contributed by atoms with Gasteiger partial charge in [0.25, 0.3) is 0 Å². The highest BCUT2D eigenvalue weighted by Crippen LogP contribution is 2.48. The Kier molecular flexibility index (Phi) is 11.2. The maximum atomic E-state index is 11.6. The van der Waals surface area contributed by atoms with E-state index in [4.69, 9.17) is 14.9 Å². The molecule has 0 fully saturated rings. The maximum absolute atomic E-state index is 11.6. The molecular weight excluding hydrogens is 482 g/mol. The lowest BCUT2D eigenvalue weighted by molar-refractivity contribution is -0.107. The van der Waals surface area contributed by atoms with Crippen molar-refractivity contribution in [1.29, 1.82) is 0 Å². The smallest absolute Gasteiger partial charge is 0.124 e. The average molecular weight is 524 g/mol. The van der Waals surface area contributed by atoms with Crippen molar-refractivity contribution in [2.24, 2.45) is 0 Å². The third kappa shape index (κ3) is 7.84. The number of aliphatic hydroxyl groups is 2. The highest BCUT2D eigenvalue weighted by molar-refractivity contribution is 8.00. The number of benzene rings is 3. The number of hydrogen-bond donors (Lipinski definition) is 2. The van der Waals surface area contributed by atoms with Gasteiger partial charge in [0.15, 0.2) is 0 Å². The van der Waals surface area contributed by atoms with Crippen LogP contribution in [-0.4, -0.2) is 42.1 Å². The van der Waals surface area contributed by atoms with Crippen LogP contribution in [0, 0.1) is 13.8 Å². The molecule has 200 valence electrons. The summed E-state index contributed by atoms with van der Waals surface area (Å²) in [5, 5.41) is 15.5. The molecule has 0 aliphatic carbocycles. The van der Waals surface area contributed by atoms with Gasteiger partial charge in [0.1, 0.15) is 12.0 Å². The first-order chi connectivity index (χ1) is 17.6. The Bertz CT molecular complexity index is 1180. The zero-order valence-corrected chi connectivity index (χ0v) is 24.2. The lowest BCUT2D eigenvalue weighted by Gasteiger charge is -2.34. The topological polar surface area (TPSA) is 70.0 Å². The van der Waals surface area contributed by atoms with E-state index in [-0.39, 0.29) is 0 Å². The van der Waals surface area contributed by atoms with Crippen molar-refractivity contribution in [1.82, 2.24) is 0 Å². The molecule has 6 heteroatoms. The fourth-order valence-electron chi connectivity index (χ4n) is 4.30. The number of rotatable bonds is 6. The van der Waals surface area contributed by atoms with Gasteiger partial charge in [-0.1, -0.05) is 42.8 Å². The molecule has 5 nitrogen and oxygen atoms in total. The molecule has 0 saturated carbocycles.